The molecular formula is C13H16INO2Zn. The molecule has 5 heteroatoms. The van der Waals surface area contributed by atoms with Gasteiger partial charge >= 0.3 is 40.6 Å². The molecule has 0 radical (unpaired) electrons. The van der Waals surface area contributed by atoms with E-state index in [1.807, 2.05) is 30.3 Å². The summed E-state index contributed by atoms with van der Waals surface area (Å²) >= 11 is 3.62. The number of hydrogen-bond donors (Lipinski definition) is 0. The fraction of sp³-hybridized carbons (Fsp3) is 0.385. The van der Waals surface area contributed by atoms with Crippen molar-refractivity contribution in [2.24, 2.45) is 0 Å². The van der Waals surface area contributed by atoms with E-state index in [0.29, 0.717) is 6.61 Å². The van der Waals surface area contributed by atoms with E-state index in [-0.39, 0.29) is 6.09 Å². The van der Waals surface area contributed by atoms with Crippen molar-refractivity contribution in [3.8, 4) is 0 Å². The molecule has 1 saturated heterocycles. The molecule has 2 rings (SSSR count). The molecule has 0 spiro atoms. The molecule has 0 aliphatic carbocycles. The molecule has 1 aliphatic heterocycles. The van der Waals surface area contributed by atoms with Crippen LogP contribution in [0.3, 0.4) is 0 Å². The van der Waals surface area contributed by atoms with Gasteiger partial charge in [-0.1, -0.05) is 30.3 Å². The van der Waals surface area contributed by atoms with Gasteiger partial charge in [0.05, 0.1) is 0 Å². The SMILES string of the molecule is O=C(OCc1ccccc1)N1CC[CH-]CC1.[Zn+][I]. The number of ether oxygens (including phenoxy) is 1. The molecule has 0 N–H and O–H groups in total. The van der Waals surface area contributed by atoms with Crippen LogP contribution in [0, 0.1) is 6.42 Å². The average Bonchev–Trinajstić information content (AvgIpc) is 2.49. The van der Waals surface area contributed by atoms with Gasteiger partial charge in [-0.25, -0.2) is 4.79 Å². The predicted octanol–water partition coefficient (Wildman–Crippen LogP) is 3.51. The summed E-state index contributed by atoms with van der Waals surface area (Å²) in [6.45, 7) is 1.93. The third-order valence-corrected chi connectivity index (χ3v) is 2.67. The molecule has 0 bridgehead atoms. The fourth-order valence-corrected chi connectivity index (χ4v) is 1.74. The maximum absolute atomic E-state index is 11.7. The molecule has 94 valence electrons. The van der Waals surface area contributed by atoms with Crippen LogP contribution in [-0.2, 0) is 26.1 Å². The molecular weight excluding hydrogens is 394 g/mol. The molecule has 0 atom stereocenters. The monoisotopic (exact) mass is 409 g/mol. The number of carbonyl (C=O) groups is 1. The Kier molecular flexibility index (Phi) is 8.60. The minimum absolute atomic E-state index is 0.197. The van der Waals surface area contributed by atoms with Gasteiger partial charge in [-0.2, -0.15) is 12.8 Å². The van der Waals surface area contributed by atoms with Crippen LogP contribution in [0.5, 0.6) is 0 Å². The van der Waals surface area contributed by atoms with Gasteiger partial charge < -0.3 is 16.1 Å². The van der Waals surface area contributed by atoms with E-state index in [2.05, 4.69) is 26.2 Å². The van der Waals surface area contributed by atoms with Crippen molar-refractivity contribution in [1.82, 2.24) is 4.90 Å². The van der Waals surface area contributed by atoms with Gasteiger partial charge in [-0.15, -0.1) is 0 Å². The zero-order valence-electron chi connectivity index (χ0n) is 10.3. The average molecular weight is 411 g/mol. The molecule has 1 aromatic carbocycles. The van der Waals surface area contributed by atoms with E-state index < -0.39 is 0 Å². The molecule has 0 unspecified atom stereocenters. The normalized spacial score (nSPS) is 14.5. The van der Waals surface area contributed by atoms with Gasteiger partial charge in [-0.3, -0.25) is 0 Å². The number of piperidine rings is 1. The third kappa shape index (κ3) is 5.66. The first kappa shape index (κ1) is 15.9. The van der Waals surface area contributed by atoms with Crippen molar-refractivity contribution in [2.75, 3.05) is 13.1 Å². The summed E-state index contributed by atoms with van der Waals surface area (Å²) in [4.78, 5) is 13.4. The molecule has 1 fully saturated rings. The number of carbonyl (C=O) groups excluding carboxylic acids is 1. The number of hydrogen-bond acceptors (Lipinski definition) is 2. The van der Waals surface area contributed by atoms with E-state index in [4.69, 9.17) is 4.74 Å². The quantitative estimate of drug-likeness (QED) is 0.424. The van der Waals surface area contributed by atoms with Gasteiger partial charge in [0.2, 0.25) is 0 Å². The Bertz CT molecular complexity index is 342. The summed E-state index contributed by atoms with van der Waals surface area (Å²) in [5.74, 6) is 0. The molecule has 1 heterocycles. The molecule has 1 aromatic rings. The van der Waals surface area contributed by atoms with Crippen molar-refractivity contribution >= 4 is 25.8 Å². The summed E-state index contributed by atoms with van der Waals surface area (Å²) in [6, 6.07) is 9.75. The van der Waals surface area contributed by atoms with Crippen LogP contribution >= 0.6 is 19.8 Å². The van der Waals surface area contributed by atoms with Crippen LogP contribution in [0.15, 0.2) is 30.3 Å². The molecule has 0 aromatic heterocycles. The Hall–Kier alpha value is -0.157. The number of likely N-dealkylation sites (tertiary alicyclic amines) is 1. The van der Waals surface area contributed by atoms with Crippen molar-refractivity contribution in [3.05, 3.63) is 42.3 Å². The van der Waals surface area contributed by atoms with Crippen molar-refractivity contribution < 1.29 is 24.3 Å². The third-order valence-electron chi connectivity index (χ3n) is 2.67. The number of rotatable bonds is 2. The van der Waals surface area contributed by atoms with Crippen molar-refractivity contribution in [3.63, 3.8) is 0 Å². The number of amides is 1. The van der Waals surface area contributed by atoms with E-state index >= 15 is 0 Å². The van der Waals surface area contributed by atoms with E-state index in [9.17, 15) is 4.79 Å². The predicted molar refractivity (Wildman–Crippen MR) is 75.8 cm³/mol. The first-order valence-electron chi connectivity index (χ1n) is 5.90. The van der Waals surface area contributed by atoms with Crippen molar-refractivity contribution in [1.29, 1.82) is 0 Å². The second-order valence-corrected chi connectivity index (χ2v) is 3.89. The second-order valence-electron chi connectivity index (χ2n) is 3.89. The summed E-state index contributed by atoms with van der Waals surface area (Å²) in [5.41, 5.74) is 1.03. The Balaban J connectivity index is 0.000000771. The zero-order chi connectivity index (χ0) is 13.2. The molecule has 18 heavy (non-hydrogen) atoms. The van der Waals surface area contributed by atoms with E-state index in [1.165, 1.54) is 14.8 Å². The van der Waals surface area contributed by atoms with Gasteiger partial charge in [0.25, 0.3) is 0 Å². The van der Waals surface area contributed by atoms with E-state index in [1.54, 1.807) is 4.90 Å². The zero-order valence-corrected chi connectivity index (χ0v) is 15.5. The van der Waals surface area contributed by atoms with Crippen LogP contribution in [0.25, 0.3) is 0 Å². The summed E-state index contributed by atoms with van der Waals surface area (Å²) in [5, 5.41) is 0. The molecule has 0 saturated carbocycles. The standard InChI is InChI=1S/C13H16NO2.HI.Zn/c15-13(14-9-5-2-6-10-14)16-11-12-7-3-1-4-8-12;;/h1-4,7-8H,5-6,9-11H2;1H;/q-1;;+2/p-1. The Labute approximate surface area is 129 Å². The molecule has 1 amide bonds. The fourth-order valence-electron chi connectivity index (χ4n) is 1.74. The van der Waals surface area contributed by atoms with Gasteiger partial charge in [0.15, 0.2) is 0 Å². The van der Waals surface area contributed by atoms with Crippen LogP contribution in [0.2, 0.25) is 0 Å². The first-order valence-corrected chi connectivity index (χ1v) is 14.9. The number of benzene rings is 1. The Morgan fingerprint density at radius 2 is 1.89 bits per heavy atom. The number of nitrogens with zero attached hydrogens (tertiary/aromatic N) is 1. The minimum atomic E-state index is -0.197. The second kappa shape index (κ2) is 9.73. The summed E-state index contributed by atoms with van der Waals surface area (Å²) in [6.07, 6.45) is 3.96. The Morgan fingerprint density at radius 1 is 1.28 bits per heavy atom. The van der Waals surface area contributed by atoms with Crippen molar-refractivity contribution in [2.45, 2.75) is 19.4 Å². The van der Waals surface area contributed by atoms with Crippen LogP contribution in [0.1, 0.15) is 18.4 Å². The maximum atomic E-state index is 11.7. The van der Waals surface area contributed by atoms with E-state index in [0.717, 1.165) is 31.5 Å². The van der Waals surface area contributed by atoms with Gasteiger partial charge in [-0.05, 0) is 18.7 Å². The summed E-state index contributed by atoms with van der Waals surface area (Å²) < 4.78 is 5.24. The van der Waals surface area contributed by atoms with Gasteiger partial charge in [0.1, 0.15) is 6.61 Å². The topological polar surface area (TPSA) is 29.5 Å². The summed E-state index contributed by atoms with van der Waals surface area (Å²) in [7, 11) is 0. The molecule has 3 nitrogen and oxygen atoms in total. The Morgan fingerprint density at radius 3 is 2.50 bits per heavy atom. The first-order chi connectivity index (χ1) is 8.86. The van der Waals surface area contributed by atoms with Crippen LogP contribution in [0.4, 0.5) is 4.79 Å². The molecule has 1 aliphatic rings. The van der Waals surface area contributed by atoms with Gasteiger partial charge in [0, 0.05) is 0 Å². The van der Waals surface area contributed by atoms with Crippen LogP contribution < -0.4 is 0 Å². The van der Waals surface area contributed by atoms with Crippen LogP contribution in [-0.4, -0.2) is 24.1 Å². The number of halogens is 1.